The van der Waals surface area contributed by atoms with Crippen LogP contribution in [-0.4, -0.2) is 11.6 Å². The van der Waals surface area contributed by atoms with Crippen LogP contribution in [-0.2, 0) is 10.2 Å². The van der Waals surface area contributed by atoms with Crippen LogP contribution in [0.2, 0.25) is 0 Å². The first-order chi connectivity index (χ1) is 10.7. The molecule has 0 spiro atoms. The van der Waals surface area contributed by atoms with E-state index in [1.807, 2.05) is 32.0 Å². The van der Waals surface area contributed by atoms with Gasteiger partial charge < -0.3 is 4.42 Å². The lowest BCUT2D eigenvalue weighted by Crippen LogP contribution is -2.28. The summed E-state index contributed by atoms with van der Waals surface area (Å²) in [6.45, 7) is 8.08. The Hall–Kier alpha value is -2.16. The number of carbonyl (C=O) groups is 2. The Kier molecular flexibility index (Phi) is 3.55. The van der Waals surface area contributed by atoms with Crippen molar-refractivity contribution in [3.8, 4) is 0 Å². The number of benzene rings is 1. The standard InChI is InChI=1S/C20H22O3/c1-13-6-5-7-14(8-13)18(22)15-10-23-11-16(15)20(4)12-19(2,3)9-17(20)21/h5-8,10-11H,9,12H2,1-4H3. The van der Waals surface area contributed by atoms with E-state index in [2.05, 4.69) is 13.8 Å². The van der Waals surface area contributed by atoms with E-state index >= 15 is 0 Å². The zero-order chi connectivity index (χ0) is 16.8. The number of aryl methyl sites for hydroxylation is 1. The fraction of sp³-hybridized carbons (Fsp3) is 0.400. The lowest BCUT2D eigenvalue weighted by atomic mass is 9.76. The molecule has 0 aliphatic heterocycles. The molecule has 120 valence electrons. The van der Waals surface area contributed by atoms with Gasteiger partial charge in [-0.3, -0.25) is 9.59 Å². The van der Waals surface area contributed by atoms with Crippen LogP contribution < -0.4 is 0 Å². The molecule has 1 aromatic heterocycles. The maximum Gasteiger partial charge on any atom is 0.196 e. The van der Waals surface area contributed by atoms with Gasteiger partial charge in [0, 0.05) is 17.5 Å². The molecule has 0 amide bonds. The normalized spacial score (nSPS) is 23.2. The van der Waals surface area contributed by atoms with Gasteiger partial charge >= 0.3 is 0 Å². The number of Topliss-reactive ketones (excluding diaryl/α,β-unsaturated/α-hetero) is 1. The third kappa shape index (κ3) is 2.65. The van der Waals surface area contributed by atoms with E-state index in [-0.39, 0.29) is 17.0 Å². The van der Waals surface area contributed by atoms with Gasteiger partial charge in [0.1, 0.15) is 12.0 Å². The first kappa shape index (κ1) is 15.7. The van der Waals surface area contributed by atoms with Crippen LogP contribution in [0.1, 0.15) is 60.7 Å². The summed E-state index contributed by atoms with van der Waals surface area (Å²) in [5, 5.41) is 0. The average molecular weight is 310 g/mol. The highest BCUT2D eigenvalue weighted by molar-refractivity contribution is 6.11. The van der Waals surface area contributed by atoms with Gasteiger partial charge in [-0.05, 0) is 31.7 Å². The van der Waals surface area contributed by atoms with Gasteiger partial charge in [0.05, 0.1) is 17.2 Å². The molecule has 3 rings (SSSR count). The van der Waals surface area contributed by atoms with Crippen molar-refractivity contribution >= 4 is 11.6 Å². The molecule has 0 saturated heterocycles. The quantitative estimate of drug-likeness (QED) is 0.786. The molecule has 23 heavy (non-hydrogen) atoms. The zero-order valence-electron chi connectivity index (χ0n) is 14.1. The zero-order valence-corrected chi connectivity index (χ0v) is 14.1. The molecule has 2 aromatic rings. The smallest absolute Gasteiger partial charge is 0.196 e. The molecule has 0 N–H and O–H groups in total. The molecule has 3 nitrogen and oxygen atoms in total. The Balaban J connectivity index is 2.04. The van der Waals surface area contributed by atoms with E-state index in [4.69, 9.17) is 4.42 Å². The fourth-order valence-electron chi connectivity index (χ4n) is 3.84. The summed E-state index contributed by atoms with van der Waals surface area (Å²) in [7, 11) is 0. The Morgan fingerprint density at radius 2 is 1.91 bits per heavy atom. The lowest BCUT2D eigenvalue weighted by Gasteiger charge is -2.24. The lowest BCUT2D eigenvalue weighted by molar-refractivity contribution is -0.121. The first-order valence-electron chi connectivity index (χ1n) is 7.94. The molecule has 1 aromatic carbocycles. The highest BCUT2D eigenvalue weighted by atomic mass is 16.3. The van der Waals surface area contributed by atoms with Crippen LogP contribution in [0.5, 0.6) is 0 Å². The van der Waals surface area contributed by atoms with Crippen molar-refractivity contribution < 1.29 is 14.0 Å². The van der Waals surface area contributed by atoms with Crippen molar-refractivity contribution in [2.45, 2.75) is 46.0 Å². The van der Waals surface area contributed by atoms with Crippen molar-refractivity contribution in [2.75, 3.05) is 0 Å². The number of rotatable bonds is 3. The second-order valence-electron chi connectivity index (χ2n) is 7.67. The molecule has 1 aliphatic carbocycles. The average Bonchev–Trinajstić information content (AvgIpc) is 3.02. The molecule has 1 heterocycles. The summed E-state index contributed by atoms with van der Waals surface area (Å²) in [4.78, 5) is 25.5. The summed E-state index contributed by atoms with van der Waals surface area (Å²) >= 11 is 0. The van der Waals surface area contributed by atoms with Crippen LogP contribution in [0.3, 0.4) is 0 Å². The monoisotopic (exact) mass is 310 g/mol. The van der Waals surface area contributed by atoms with E-state index < -0.39 is 5.41 Å². The number of ketones is 2. The van der Waals surface area contributed by atoms with Crippen molar-refractivity contribution in [1.82, 2.24) is 0 Å². The summed E-state index contributed by atoms with van der Waals surface area (Å²) in [5.41, 5.74) is 2.19. The molecular formula is C20H22O3. The van der Waals surface area contributed by atoms with Gasteiger partial charge in [0.2, 0.25) is 0 Å². The largest absolute Gasteiger partial charge is 0.472 e. The van der Waals surface area contributed by atoms with Gasteiger partial charge in [-0.1, -0.05) is 37.6 Å². The van der Waals surface area contributed by atoms with Crippen LogP contribution in [0.4, 0.5) is 0 Å². The van der Waals surface area contributed by atoms with Gasteiger partial charge in [0.15, 0.2) is 5.78 Å². The van der Waals surface area contributed by atoms with Gasteiger partial charge in [-0.25, -0.2) is 0 Å². The molecule has 0 bridgehead atoms. The topological polar surface area (TPSA) is 47.3 Å². The van der Waals surface area contributed by atoms with Crippen molar-refractivity contribution in [3.63, 3.8) is 0 Å². The third-order valence-electron chi connectivity index (χ3n) is 4.87. The maximum atomic E-state index is 12.9. The number of carbonyl (C=O) groups excluding carboxylic acids is 2. The van der Waals surface area contributed by atoms with E-state index in [9.17, 15) is 9.59 Å². The molecular weight excluding hydrogens is 288 g/mol. The summed E-state index contributed by atoms with van der Waals surface area (Å²) < 4.78 is 5.34. The summed E-state index contributed by atoms with van der Waals surface area (Å²) in [6, 6.07) is 7.49. The van der Waals surface area contributed by atoms with E-state index in [1.165, 1.54) is 6.26 Å². The highest BCUT2D eigenvalue weighted by Gasteiger charge is 2.50. The highest BCUT2D eigenvalue weighted by Crippen LogP contribution is 2.49. The van der Waals surface area contributed by atoms with E-state index in [0.29, 0.717) is 17.5 Å². The van der Waals surface area contributed by atoms with E-state index in [1.54, 1.807) is 12.3 Å². The van der Waals surface area contributed by atoms with Crippen molar-refractivity contribution in [1.29, 1.82) is 0 Å². The van der Waals surface area contributed by atoms with E-state index in [0.717, 1.165) is 17.5 Å². The molecule has 1 saturated carbocycles. The van der Waals surface area contributed by atoms with Crippen LogP contribution in [0.25, 0.3) is 0 Å². The molecule has 1 fully saturated rings. The summed E-state index contributed by atoms with van der Waals surface area (Å²) in [6.07, 6.45) is 4.31. The van der Waals surface area contributed by atoms with Crippen molar-refractivity contribution in [2.24, 2.45) is 5.41 Å². The Bertz CT molecular complexity index is 782. The van der Waals surface area contributed by atoms with Crippen LogP contribution >= 0.6 is 0 Å². The molecule has 1 atom stereocenters. The molecule has 3 heteroatoms. The van der Waals surface area contributed by atoms with Crippen molar-refractivity contribution in [3.05, 3.63) is 59.0 Å². The van der Waals surface area contributed by atoms with Gasteiger partial charge in [-0.15, -0.1) is 0 Å². The molecule has 1 unspecified atom stereocenters. The Morgan fingerprint density at radius 1 is 1.17 bits per heavy atom. The first-order valence-corrected chi connectivity index (χ1v) is 7.94. The minimum atomic E-state index is -0.648. The second-order valence-corrected chi connectivity index (χ2v) is 7.67. The minimum absolute atomic E-state index is 0.0489. The van der Waals surface area contributed by atoms with Gasteiger partial charge in [-0.2, -0.15) is 0 Å². The minimum Gasteiger partial charge on any atom is -0.472 e. The number of furan rings is 1. The van der Waals surface area contributed by atoms with Gasteiger partial charge in [0.25, 0.3) is 0 Å². The van der Waals surface area contributed by atoms with Crippen LogP contribution in [0.15, 0.2) is 41.2 Å². The molecule has 0 radical (unpaired) electrons. The predicted molar refractivity (Wildman–Crippen MR) is 88.7 cm³/mol. The van der Waals surface area contributed by atoms with Crippen LogP contribution in [0, 0.1) is 12.3 Å². The number of hydrogen-bond acceptors (Lipinski definition) is 3. The predicted octanol–water partition coefficient (Wildman–Crippen LogP) is 4.47. The second kappa shape index (κ2) is 5.19. The summed E-state index contributed by atoms with van der Waals surface area (Å²) in [5.74, 6) is 0.0957. The SMILES string of the molecule is Cc1cccc(C(=O)c2cocc2C2(C)CC(C)(C)CC2=O)c1. The third-order valence-corrected chi connectivity index (χ3v) is 4.87. The number of hydrogen-bond donors (Lipinski definition) is 0. The Labute approximate surface area is 136 Å². The fourth-order valence-corrected chi connectivity index (χ4v) is 3.84. The molecule has 1 aliphatic rings. The maximum absolute atomic E-state index is 12.9. The Morgan fingerprint density at radius 3 is 2.52 bits per heavy atom.